The molecule has 0 aliphatic carbocycles. The van der Waals surface area contributed by atoms with Crippen LogP contribution in [0.15, 0.2) is 200 Å². The van der Waals surface area contributed by atoms with Crippen molar-refractivity contribution in [2.24, 2.45) is 0 Å². The van der Waals surface area contributed by atoms with Crippen LogP contribution in [0.5, 0.6) is 0 Å². The largest absolute Gasteiger partial charge is 0.309 e. The Hall–Kier alpha value is -6.44. The van der Waals surface area contributed by atoms with Gasteiger partial charge >= 0.3 is 0 Å². The molecule has 0 atom stereocenters. The summed E-state index contributed by atoms with van der Waals surface area (Å²) in [6, 6.07) is 72.5. The van der Waals surface area contributed by atoms with E-state index < -0.39 is 0 Å². The zero-order chi connectivity index (χ0) is 33.3. The average Bonchev–Trinajstić information content (AvgIpc) is 3.53. The molecule has 1 aromatic heterocycles. The Kier molecular flexibility index (Phi) is 7.64. The van der Waals surface area contributed by atoms with Gasteiger partial charge in [0.2, 0.25) is 0 Å². The van der Waals surface area contributed by atoms with Crippen LogP contribution in [0.25, 0.3) is 72.0 Å². The molecule has 236 valence electrons. The first-order valence-corrected chi connectivity index (χ1v) is 17.3. The molecule has 0 fully saturated rings. The third-order valence-corrected chi connectivity index (χ3v) is 9.91. The van der Waals surface area contributed by atoms with Crippen molar-refractivity contribution in [3.05, 3.63) is 211 Å². The van der Waals surface area contributed by atoms with Crippen LogP contribution in [0.1, 0.15) is 11.1 Å². The summed E-state index contributed by atoms with van der Waals surface area (Å²) >= 11 is 0. The number of nitrogens with zero attached hydrogens (tertiary/aromatic N) is 1. The van der Waals surface area contributed by atoms with Crippen molar-refractivity contribution in [2.75, 3.05) is 0 Å². The fraction of sp³-hybridized carbons (Fsp3) is 0.0204. The van der Waals surface area contributed by atoms with Gasteiger partial charge in [-0.25, -0.2) is 0 Å². The summed E-state index contributed by atoms with van der Waals surface area (Å²) in [5.74, 6) is 0. The highest BCUT2D eigenvalue weighted by atomic mass is 15.0. The van der Waals surface area contributed by atoms with Gasteiger partial charge in [-0.15, -0.1) is 0 Å². The Balaban J connectivity index is 0.936. The van der Waals surface area contributed by atoms with Crippen LogP contribution >= 0.6 is 0 Å². The topological polar surface area (TPSA) is 4.93 Å². The summed E-state index contributed by atoms with van der Waals surface area (Å²) in [5.41, 5.74) is 16.2. The molecule has 0 spiro atoms. The zero-order valence-corrected chi connectivity index (χ0v) is 27.7. The van der Waals surface area contributed by atoms with Crippen molar-refractivity contribution in [3.63, 3.8) is 0 Å². The Morgan fingerprint density at radius 3 is 1.46 bits per heavy atom. The van der Waals surface area contributed by atoms with Gasteiger partial charge in [-0.3, -0.25) is 0 Å². The number of fused-ring (bicyclic) bond motifs is 3. The van der Waals surface area contributed by atoms with Gasteiger partial charge in [-0.05, 0) is 92.4 Å². The maximum Gasteiger partial charge on any atom is 0.0541 e. The maximum absolute atomic E-state index is 2.36. The van der Waals surface area contributed by atoms with Gasteiger partial charge in [0.25, 0.3) is 0 Å². The predicted molar refractivity (Wildman–Crippen MR) is 212 cm³/mol. The van der Waals surface area contributed by atoms with Crippen molar-refractivity contribution in [1.82, 2.24) is 4.57 Å². The molecule has 9 aromatic rings. The van der Waals surface area contributed by atoms with Crippen LogP contribution in [0.3, 0.4) is 0 Å². The van der Waals surface area contributed by atoms with Crippen molar-refractivity contribution in [2.45, 2.75) is 6.42 Å². The lowest BCUT2D eigenvalue weighted by atomic mass is 9.94. The van der Waals surface area contributed by atoms with E-state index in [1.807, 2.05) is 0 Å². The van der Waals surface area contributed by atoms with Crippen LogP contribution in [-0.2, 0) is 6.42 Å². The number of hydrogen-bond donors (Lipinski definition) is 0. The van der Waals surface area contributed by atoms with Crippen LogP contribution in [0.4, 0.5) is 0 Å². The maximum atomic E-state index is 2.36. The lowest BCUT2D eigenvalue weighted by Crippen LogP contribution is -1.92. The minimum atomic E-state index is 0.908. The first kappa shape index (κ1) is 29.7. The van der Waals surface area contributed by atoms with E-state index in [-0.39, 0.29) is 0 Å². The van der Waals surface area contributed by atoms with Crippen LogP contribution in [0.2, 0.25) is 0 Å². The van der Waals surface area contributed by atoms with E-state index in [0.29, 0.717) is 0 Å². The van der Waals surface area contributed by atoms with Crippen LogP contribution < -0.4 is 0 Å². The van der Waals surface area contributed by atoms with E-state index in [9.17, 15) is 0 Å². The van der Waals surface area contributed by atoms with E-state index in [0.717, 1.165) is 6.42 Å². The molecule has 0 amide bonds. The van der Waals surface area contributed by atoms with E-state index in [2.05, 4.69) is 205 Å². The number of para-hydroxylation sites is 2. The fourth-order valence-corrected chi connectivity index (χ4v) is 7.33. The third kappa shape index (κ3) is 5.59. The highest BCUT2D eigenvalue weighted by Crippen LogP contribution is 2.36. The van der Waals surface area contributed by atoms with Gasteiger partial charge in [0.15, 0.2) is 0 Å². The van der Waals surface area contributed by atoms with Crippen LogP contribution in [-0.4, -0.2) is 4.57 Å². The van der Waals surface area contributed by atoms with Gasteiger partial charge in [-0.1, -0.05) is 170 Å². The molecule has 0 aliphatic rings. The van der Waals surface area contributed by atoms with E-state index >= 15 is 0 Å². The van der Waals surface area contributed by atoms with Crippen LogP contribution in [0, 0.1) is 0 Å². The standard InChI is InChI=1S/C49H35N/c1-3-11-41(12-4-1)45-16-8-7-13-43(45)33-35-19-21-36(22-20-35)37-23-25-38(26-24-37)39-27-29-40(30-28-39)42-31-32-49-47(34-42)46-17-9-10-18-48(46)50(49)44-14-5-2-6-15-44/h1-32,34H,33H2. The molecule has 0 saturated carbocycles. The smallest absolute Gasteiger partial charge is 0.0541 e. The Morgan fingerprint density at radius 2 is 0.800 bits per heavy atom. The Morgan fingerprint density at radius 1 is 0.320 bits per heavy atom. The molecule has 50 heavy (non-hydrogen) atoms. The lowest BCUT2D eigenvalue weighted by molar-refractivity contribution is 1.18. The number of rotatable bonds is 7. The molecule has 0 saturated heterocycles. The van der Waals surface area contributed by atoms with Gasteiger partial charge in [-0.2, -0.15) is 0 Å². The molecule has 0 N–H and O–H groups in total. The number of benzene rings is 8. The Bertz CT molecular complexity index is 2560. The molecule has 8 aromatic carbocycles. The van der Waals surface area contributed by atoms with Gasteiger partial charge < -0.3 is 4.57 Å². The molecule has 0 bridgehead atoms. The van der Waals surface area contributed by atoms with E-state index in [1.165, 1.54) is 83.1 Å². The SMILES string of the molecule is c1ccc(-c2ccccc2Cc2ccc(-c3ccc(-c4ccc(-c5ccc6c(c5)c5ccccc5n6-c5ccccc5)cc4)cc3)cc2)cc1. The average molecular weight is 638 g/mol. The molecule has 0 unspecified atom stereocenters. The molecular weight excluding hydrogens is 603 g/mol. The summed E-state index contributed by atoms with van der Waals surface area (Å²) in [6.45, 7) is 0. The quantitative estimate of drug-likeness (QED) is 0.164. The third-order valence-electron chi connectivity index (χ3n) is 9.91. The molecule has 9 rings (SSSR count). The number of aromatic nitrogens is 1. The Labute approximate surface area is 293 Å². The second-order valence-corrected chi connectivity index (χ2v) is 13.0. The molecule has 1 heterocycles. The van der Waals surface area contributed by atoms with E-state index in [1.54, 1.807) is 0 Å². The van der Waals surface area contributed by atoms with E-state index in [4.69, 9.17) is 0 Å². The first-order chi connectivity index (χ1) is 24.8. The second-order valence-electron chi connectivity index (χ2n) is 13.0. The highest BCUT2D eigenvalue weighted by molar-refractivity contribution is 6.10. The molecule has 0 radical (unpaired) electrons. The second kappa shape index (κ2) is 12.9. The summed E-state index contributed by atoms with van der Waals surface area (Å²) in [4.78, 5) is 0. The summed E-state index contributed by atoms with van der Waals surface area (Å²) < 4.78 is 2.36. The normalized spacial score (nSPS) is 11.3. The molecular formula is C49H35N. The van der Waals surface area contributed by atoms with Crippen molar-refractivity contribution in [1.29, 1.82) is 0 Å². The minimum absolute atomic E-state index is 0.908. The summed E-state index contributed by atoms with van der Waals surface area (Å²) in [5, 5.41) is 2.54. The summed E-state index contributed by atoms with van der Waals surface area (Å²) in [6.07, 6.45) is 0.908. The van der Waals surface area contributed by atoms with Crippen molar-refractivity contribution < 1.29 is 0 Å². The summed E-state index contributed by atoms with van der Waals surface area (Å²) in [7, 11) is 0. The van der Waals surface area contributed by atoms with Gasteiger partial charge in [0.1, 0.15) is 0 Å². The molecule has 1 nitrogen and oxygen atoms in total. The first-order valence-electron chi connectivity index (χ1n) is 17.3. The van der Waals surface area contributed by atoms with Crippen molar-refractivity contribution >= 4 is 21.8 Å². The zero-order valence-electron chi connectivity index (χ0n) is 27.7. The van der Waals surface area contributed by atoms with Gasteiger partial charge in [0, 0.05) is 16.5 Å². The van der Waals surface area contributed by atoms with Gasteiger partial charge in [0.05, 0.1) is 11.0 Å². The fourth-order valence-electron chi connectivity index (χ4n) is 7.33. The lowest BCUT2D eigenvalue weighted by Gasteiger charge is -2.11. The molecule has 0 aliphatic heterocycles. The highest BCUT2D eigenvalue weighted by Gasteiger charge is 2.13. The molecule has 1 heteroatoms. The monoisotopic (exact) mass is 637 g/mol. The minimum Gasteiger partial charge on any atom is -0.309 e. The predicted octanol–water partition coefficient (Wildman–Crippen LogP) is 13.0. The van der Waals surface area contributed by atoms with Crippen molar-refractivity contribution in [3.8, 4) is 50.2 Å². The number of hydrogen-bond acceptors (Lipinski definition) is 0.